The van der Waals surface area contributed by atoms with Crippen LogP contribution in [0.1, 0.15) is 0 Å². The molecule has 2 nitrogen and oxygen atoms in total. The zero-order chi connectivity index (χ0) is 36.6. The molecule has 0 atom stereocenters. The molecule has 0 fully saturated rings. The molecule has 10 rings (SSSR count). The average molecular weight is 702 g/mol. The number of hydrogen-bond acceptors (Lipinski definition) is 2. The van der Waals surface area contributed by atoms with Crippen LogP contribution < -0.4 is 0 Å². The van der Waals surface area contributed by atoms with Crippen molar-refractivity contribution in [3.63, 3.8) is 0 Å². The molecule has 2 heteroatoms. The first-order chi connectivity index (χ1) is 27.2. The number of fused-ring (bicyclic) bond motifs is 3. The maximum Gasteiger partial charge on any atom is 0.135 e. The number of rotatable bonds is 7. The first-order valence-electron chi connectivity index (χ1n) is 18.7. The first-order valence-corrected chi connectivity index (χ1v) is 18.7. The molecule has 2 heterocycles. The second-order valence-electron chi connectivity index (χ2n) is 14.0. The van der Waals surface area contributed by atoms with Gasteiger partial charge in [-0.25, -0.2) is 4.98 Å². The predicted octanol–water partition coefficient (Wildman–Crippen LogP) is 14.6. The van der Waals surface area contributed by atoms with Crippen LogP contribution in [0.4, 0.5) is 0 Å². The summed E-state index contributed by atoms with van der Waals surface area (Å²) in [6.07, 6.45) is 0. The van der Waals surface area contributed by atoms with Gasteiger partial charge in [-0.15, -0.1) is 0 Å². The summed E-state index contributed by atoms with van der Waals surface area (Å²) in [5.41, 5.74) is 17.6. The maximum atomic E-state index is 6.06. The maximum absolute atomic E-state index is 6.06. The largest absolute Gasteiger partial charge is 0.456 e. The first kappa shape index (κ1) is 32.4. The molecule has 0 radical (unpaired) electrons. The van der Waals surface area contributed by atoms with Gasteiger partial charge in [0.2, 0.25) is 0 Å². The van der Waals surface area contributed by atoms with Gasteiger partial charge in [-0.2, -0.15) is 0 Å². The van der Waals surface area contributed by atoms with E-state index in [2.05, 4.69) is 200 Å². The third-order valence-corrected chi connectivity index (χ3v) is 10.5. The minimum Gasteiger partial charge on any atom is -0.456 e. The number of para-hydroxylation sites is 1. The summed E-state index contributed by atoms with van der Waals surface area (Å²) in [6.45, 7) is 0. The number of hydrogen-bond donors (Lipinski definition) is 0. The molecule has 258 valence electrons. The molecule has 0 bridgehead atoms. The van der Waals surface area contributed by atoms with Gasteiger partial charge in [0.15, 0.2) is 0 Å². The normalized spacial score (nSPS) is 11.3. The van der Waals surface area contributed by atoms with E-state index in [4.69, 9.17) is 9.40 Å². The Hall–Kier alpha value is -7.29. The summed E-state index contributed by atoms with van der Waals surface area (Å²) in [5, 5.41) is 2.28. The molecule has 0 aliphatic heterocycles. The lowest BCUT2D eigenvalue weighted by atomic mass is 9.92. The fourth-order valence-corrected chi connectivity index (χ4v) is 7.58. The van der Waals surface area contributed by atoms with Gasteiger partial charge in [0.05, 0.1) is 11.4 Å². The van der Waals surface area contributed by atoms with Gasteiger partial charge in [0.25, 0.3) is 0 Å². The van der Waals surface area contributed by atoms with Crippen LogP contribution in [-0.4, -0.2) is 4.98 Å². The Labute approximate surface area is 320 Å². The summed E-state index contributed by atoms with van der Waals surface area (Å²) >= 11 is 0. The third-order valence-electron chi connectivity index (χ3n) is 10.5. The molecule has 8 aromatic carbocycles. The van der Waals surface area contributed by atoms with Crippen molar-refractivity contribution < 1.29 is 4.42 Å². The van der Waals surface area contributed by atoms with E-state index in [-0.39, 0.29) is 0 Å². The van der Waals surface area contributed by atoms with Crippen molar-refractivity contribution in [2.75, 3.05) is 0 Å². The van der Waals surface area contributed by atoms with Crippen LogP contribution >= 0.6 is 0 Å². The highest BCUT2D eigenvalue weighted by Gasteiger charge is 2.13. The molecule has 2 aromatic heterocycles. The highest BCUT2D eigenvalue weighted by atomic mass is 16.3. The topological polar surface area (TPSA) is 26.0 Å². The average Bonchev–Trinajstić information content (AvgIpc) is 3.65. The van der Waals surface area contributed by atoms with Crippen LogP contribution in [0.3, 0.4) is 0 Å². The number of nitrogens with zero attached hydrogens (tertiary/aromatic N) is 1. The van der Waals surface area contributed by atoms with E-state index in [1.807, 2.05) is 12.1 Å². The van der Waals surface area contributed by atoms with Gasteiger partial charge >= 0.3 is 0 Å². The molecule has 10 aromatic rings. The molecular formula is C53H35NO. The van der Waals surface area contributed by atoms with Crippen molar-refractivity contribution in [3.05, 3.63) is 212 Å². The van der Waals surface area contributed by atoms with Crippen molar-refractivity contribution in [3.8, 4) is 78.1 Å². The van der Waals surface area contributed by atoms with Crippen LogP contribution in [0.15, 0.2) is 217 Å². The zero-order valence-electron chi connectivity index (χ0n) is 30.1. The van der Waals surface area contributed by atoms with E-state index in [0.717, 1.165) is 61.1 Å². The van der Waals surface area contributed by atoms with E-state index in [9.17, 15) is 0 Å². The van der Waals surface area contributed by atoms with Gasteiger partial charge < -0.3 is 4.42 Å². The molecule has 0 saturated carbocycles. The van der Waals surface area contributed by atoms with Crippen LogP contribution in [0.5, 0.6) is 0 Å². The Kier molecular flexibility index (Phi) is 8.20. The quantitative estimate of drug-likeness (QED) is 0.165. The van der Waals surface area contributed by atoms with Gasteiger partial charge in [-0.3, -0.25) is 0 Å². The van der Waals surface area contributed by atoms with Crippen molar-refractivity contribution in [2.24, 2.45) is 0 Å². The van der Waals surface area contributed by atoms with Crippen molar-refractivity contribution in [1.29, 1.82) is 0 Å². The van der Waals surface area contributed by atoms with Gasteiger partial charge in [0.1, 0.15) is 11.2 Å². The third kappa shape index (κ3) is 6.41. The molecule has 0 spiro atoms. The summed E-state index contributed by atoms with van der Waals surface area (Å²) in [4.78, 5) is 5.24. The number of furan rings is 1. The van der Waals surface area contributed by atoms with E-state index >= 15 is 0 Å². The van der Waals surface area contributed by atoms with Crippen LogP contribution in [0.25, 0.3) is 100 Å². The second-order valence-corrected chi connectivity index (χ2v) is 14.0. The molecule has 0 amide bonds. The number of benzene rings is 8. The van der Waals surface area contributed by atoms with E-state index < -0.39 is 0 Å². The smallest absolute Gasteiger partial charge is 0.135 e. The molecule has 0 aliphatic rings. The van der Waals surface area contributed by atoms with Crippen LogP contribution in [-0.2, 0) is 0 Å². The predicted molar refractivity (Wildman–Crippen MR) is 230 cm³/mol. The highest BCUT2D eigenvalue weighted by Crippen LogP contribution is 2.37. The van der Waals surface area contributed by atoms with E-state index in [1.165, 1.54) is 38.9 Å². The summed E-state index contributed by atoms with van der Waals surface area (Å²) < 4.78 is 6.06. The minimum atomic E-state index is 0.912. The molecule has 0 N–H and O–H groups in total. The van der Waals surface area contributed by atoms with Gasteiger partial charge in [0, 0.05) is 21.9 Å². The van der Waals surface area contributed by atoms with Crippen LogP contribution in [0.2, 0.25) is 0 Å². The molecule has 0 unspecified atom stereocenters. The zero-order valence-corrected chi connectivity index (χ0v) is 30.1. The van der Waals surface area contributed by atoms with Gasteiger partial charge in [-0.1, -0.05) is 164 Å². The fourth-order valence-electron chi connectivity index (χ4n) is 7.58. The lowest BCUT2D eigenvalue weighted by Gasteiger charge is -2.14. The second kappa shape index (κ2) is 13.9. The minimum absolute atomic E-state index is 0.912. The summed E-state index contributed by atoms with van der Waals surface area (Å²) in [7, 11) is 0. The monoisotopic (exact) mass is 701 g/mol. The van der Waals surface area contributed by atoms with E-state index in [0.29, 0.717) is 0 Å². The molecule has 55 heavy (non-hydrogen) atoms. The lowest BCUT2D eigenvalue weighted by Crippen LogP contribution is -1.92. The Morgan fingerprint density at radius 1 is 0.236 bits per heavy atom. The van der Waals surface area contributed by atoms with E-state index in [1.54, 1.807) is 0 Å². The summed E-state index contributed by atoms with van der Waals surface area (Å²) in [5.74, 6) is 0. The van der Waals surface area contributed by atoms with Gasteiger partial charge in [-0.05, 0) is 104 Å². The number of aromatic nitrogens is 1. The molecular weight excluding hydrogens is 667 g/mol. The summed E-state index contributed by atoms with van der Waals surface area (Å²) in [6, 6.07) is 75.3. The fraction of sp³-hybridized carbons (Fsp3) is 0. The SMILES string of the molecule is c1ccc(-c2cc(-c3ccccc3)cc(-c3cc(-c4ccccc4)nc(-c4ccc(-c5ccc(-c6ccc7oc8ccccc8c7c6)cc5)cc4)c3)c2)cc1. The molecule has 0 saturated heterocycles. The lowest BCUT2D eigenvalue weighted by molar-refractivity contribution is 0.669. The van der Waals surface area contributed by atoms with Crippen molar-refractivity contribution in [1.82, 2.24) is 4.98 Å². The van der Waals surface area contributed by atoms with Crippen LogP contribution in [0, 0.1) is 0 Å². The molecule has 0 aliphatic carbocycles. The standard InChI is InChI=1S/C53H35NO/c1-4-12-36(13-5-1)44-30-45(37-14-6-2-7-15-37)32-46(31-44)47-34-50(41-16-8-3-9-17-41)54-51(35-47)42-26-24-39(25-27-42)38-20-22-40(23-21-38)43-28-29-53-49(33-43)48-18-10-11-19-52(48)55-53/h1-35H. The Balaban J connectivity index is 1.01. The Bertz CT molecular complexity index is 2870. The number of pyridine rings is 1. The Morgan fingerprint density at radius 2 is 0.600 bits per heavy atom. The van der Waals surface area contributed by atoms with Crippen molar-refractivity contribution in [2.45, 2.75) is 0 Å². The highest BCUT2D eigenvalue weighted by molar-refractivity contribution is 6.06. The Morgan fingerprint density at radius 3 is 1.16 bits per heavy atom. The van der Waals surface area contributed by atoms with Crippen molar-refractivity contribution >= 4 is 21.9 Å².